The van der Waals surface area contributed by atoms with Gasteiger partial charge in [0.15, 0.2) is 11.5 Å². The molecule has 1 atom stereocenters. The number of amides is 1. The van der Waals surface area contributed by atoms with Crippen molar-refractivity contribution in [3.63, 3.8) is 0 Å². The number of nitrogens with zero attached hydrogens (tertiary/aromatic N) is 4. The van der Waals surface area contributed by atoms with Crippen LogP contribution in [0.25, 0.3) is 5.65 Å². The first kappa shape index (κ1) is 17.7. The number of aryl methyl sites for hydroxylation is 1. The summed E-state index contributed by atoms with van der Waals surface area (Å²) in [5, 5.41) is 18.6. The smallest absolute Gasteiger partial charge is 0.255 e. The van der Waals surface area contributed by atoms with Crippen LogP contribution in [0, 0.1) is 5.92 Å². The molecule has 0 saturated carbocycles. The zero-order valence-corrected chi connectivity index (χ0v) is 15.7. The summed E-state index contributed by atoms with van der Waals surface area (Å²) in [6.07, 6.45) is 2.97. The Balaban J connectivity index is 1.65. The minimum atomic E-state index is -0.726. The van der Waals surface area contributed by atoms with Gasteiger partial charge in [-0.3, -0.25) is 9.20 Å². The predicted molar refractivity (Wildman–Crippen MR) is 102 cm³/mol. The molecule has 1 aromatic carbocycles. The fourth-order valence-electron chi connectivity index (χ4n) is 3.59. The Morgan fingerprint density at radius 3 is 2.67 bits per heavy atom. The van der Waals surface area contributed by atoms with Gasteiger partial charge in [-0.2, -0.15) is 0 Å². The van der Waals surface area contributed by atoms with Crippen molar-refractivity contribution in [1.29, 1.82) is 0 Å². The average molecular weight is 364 g/mol. The van der Waals surface area contributed by atoms with Gasteiger partial charge < -0.3 is 10.0 Å². The van der Waals surface area contributed by atoms with E-state index in [1.165, 1.54) is 11.1 Å². The molecule has 0 radical (unpaired) electrons. The topological polar surface area (TPSA) is 70.7 Å². The summed E-state index contributed by atoms with van der Waals surface area (Å²) in [6.45, 7) is 5.21. The monoisotopic (exact) mass is 364 g/mol. The summed E-state index contributed by atoms with van der Waals surface area (Å²) in [5.74, 6) is 0.474. The molecule has 0 bridgehead atoms. The van der Waals surface area contributed by atoms with E-state index in [4.69, 9.17) is 0 Å². The number of fused-ring (bicyclic) bond motifs is 2. The molecule has 140 valence electrons. The van der Waals surface area contributed by atoms with E-state index < -0.39 is 6.10 Å². The van der Waals surface area contributed by atoms with E-state index in [0.717, 1.165) is 19.4 Å². The first-order valence-electron chi connectivity index (χ1n) is 9.43. The van der Waals surface area contributed by atoms with E-state index >= 15 is 0 Å². The molecule has 3 heterocycles. The van der Waals surface area contributed by atoms with Gasteiger partial charge in [0.2, 0.25) is 0 Å². The SMILES string of the molecule is CC(C)C(O)c1nnc2ccc(C(=O)N3CCCc4ccccc4C3)cn12. The Hall–Kier alpha value is -2.73. The number of aliphatic hydroxyl groups excluding tert-OH is 1. The van der Waals surface area contributed by atoms with E-state index in [1.54, 1.807) is 22.7 Å². The lowest BCUT2D eigenvalue weighted by molar-refractivity contribution is 0.0745. The van der Waals surface area contributed by atoms with Crippen LogP contribution in [0.5, 0.6) is 0 Å². The number of rotatable bonds is 3. The highest BCUT2D eigenvalue weighted by molar-refractivity contribution is 5.94. The standard InChI is InChI=1S/C21H24N4O2/c1-14(2)19(26)20-23-22-18-10-9-17(13-25(18)20)21(27)24-11-5-8-15-6-3-4-7-16(15)12-24/h3-4,6-7,9-10,13-14,19,26H,5,8,11-12H2,1-2H3. The highest BCUT2D eigenvalue weighted by Gasteiger charge is 2.23. The lowest BCUT2D eigenvalue weighted by atomic mass is 10.0. The molecule has 1 N–H and O–H groups in total. The highest BCUT2D eigenvalue weighted by atomic mass is 16.3. The Bertz CT molecular complexity index is 979. The van der Waals surface area contributed by atoms with Crippen molar-refractivity contribution in [3.8, 4) is 0 Å². The molecule has 1 aliphatic heterocycles. The third-order valence-electron chi connectivity index (χ3n) is 5.21. The van der Waals surface area contributed by atoms with Crippen molar-refractivity contribution in [3.05, 3.63) is 65.1 Å². The summed E-state index contributed by atoms with van der Waals surface area (Å²) in [5.41, 5.74) is 3.75. The van der Waals surface area contributed by atoms with Crippen LogP contribution in [0.15, 0.2) is 42.6 Å². The van der Waals surface area contributed by atoms with Gasteiger partial charge in [-0.25, -0.2) is 0 Å². The highest BCUT2D eigenvalue weighted by Crippen LogP contribution is 2.23. The van der Waals surface area contributed by atoms with Crippen LogP contribution in [0.3, 0.4) is 0 Å². The number of carbonyl (C=O) groups is 1. The Morgan fingerprint density at radius 1 is 1.11 bits per heavy atom. The van der Waals surface area contributed by atoms with Crippen LogP contribution >= 0.6 is 0 Å². The summed E-state index contributed by atoms with van der Waals surface area (Å²) < 4.78 is 1.73. The van der Waals surface area contributed by atoms with Crippen molar-refractivity contribution in [2.45, 2.75) is 39.3 Å². The molecule has 1 amide bonds. The van der Waals surface area contributed by atoms with Crippen LogP contribution < -0.4 is 0 Å². The van der Waals surface area contributed by atoms with Crippen molar-refractivity contribution in [2.24, 2.45) is 5.92 Å². The van der Waals surface area contributed by atoms with Gasteiger partial charge in [-0.05, 0) is 42.0 Å². The van der Waals surface area contributed by atoms with Gasteiger partial charge in [-0.1, -0.05) is 38.1 Å². The molecule has 0 spiro atoms. The van der Waals surface area contributed by atoms with Gasteiger partial charge in [0, 0.05) is 19.3 Å². The molecular formula is C21H24N4O2. The molecule has 1 aliphatic rings. The fourth-order valence-corrected chi connectivity index (χ4v) is 3.59. The number of benzene rings is 1. The summed E-state index contributed by atoms with van der Waals surface area (Å²) in [7, 11) is 0. The number of carbonyl (C=O) groups excluding carboxylic acids is 1. The zero-order chi connectivity index (χ0) is 19.0. The van der Waals surface area contributed by atoms with E-state index in [-0.39, 0.29) is 11.8 Å². The van der Waals surface area contributed by atoms with Gasteiger partial charge in [-0.15, -0.1) is 10.2 Å². The molecule has 4 rings (SSSR count). The molecule has 0 fully saturated rings. The molecule has 6 nitrogen and oxygen atoms in total. The number of hydrogen-bond donors (Lipinski definition) is 1. The minimum Gasteiger partial charge on any atom is -0.385 e. The number of aromatic nitrogens is 3. The Labute approximate surface area is 158 Å². The second-order valence-corrected chi connectivity index (χ2v) is 7.49. The normalized spacial score (nSPS) is 15.6. The largest absolute Gasteiger partial charge is 0.385 e. The molecule has 0 saturated heterocycles. The fraction of sp³-hybridized carbons (Fsp3) is 0.381. The van der Waals surface area contributed by atoms with Crippen LogP contribution in [0.1, 0.15) is 53.7 Å². The van der Waals surface area contributed by atoms with Crippen LogP contribution in [0.2, 0.25) is 0 Å². The number of pyridine rings is 1. The van der Waals surface area contributed by atoms with Gasteiger partial charge in [0.1, 0.15) is 6.10 Å². The molecule has 1 unspecified atom stereocenters. The van der Waals surface area contributed by atoms with Crippen molar-refractivity contribution in [1.82, 2.24) is 19.5 Å². The van der Waals surface area contributed by atoms with Crippen molar-refractivity contribution >= 4 is 11.6 Å². The molecular weight excluding hydrogens is 340 g/mol. The lowest BCUT2D eigenvalue weighted by Gasteiger charge is -2.21. The molecule has 3 aromatic rings. The van der Waals surface area contributed by atoms with Crippen LogP contribution in [0.4, 0.5) is 0 Å². The maximum atomic E-state index is 13.2. The summed E-state index contributed by atoms with van der Waals surface area (Å²) in [6, 6.07) is 11.9. The van der Waals surface area contributed by atoms with E-state index in [0.29, 0.717) is 23.6 Å². The van der Waals surface area contributed by atoms with E-state index in [9.17, 15) is 9.90 Å². The lowest BCUT2D eigenvalue weighted by Crippen LogP contribution is -2.30. The first-order chi connectivity index (χ1) is 13.0. The van der Waals surface area contributed by atoms with Gasteiger partial charge >= 0.3 is 0 Å². The third-order valence-corrected chi connectivity index (χ3v) is 5.21. The second kappa shape index (κ2) is 7.12. The van der Waals surface area contributed by atoms with Crippen molar-refractivity contribution < 1.29 is 9.90 Å². The molecule has 0 aliphatic carbocycles. The minimum absolute atomic E-state index is 0.00714. The average Bonchev–Trinajstić information content (AvgIpc) is 2.97. The maximum absolute atomic E-state index is 13.2. The van der Waals surface area contributed by atoms with E-state index in [1.807, 2.05) is 24.8 Å². The number of aliphatic hydroxyl groups is 1. The molecule has 27 heavy (non-hydrogen) atoms. The van der Waals surface area contributed by atoms with Gasteiger partial charge in [0.25, 0.3) is 5.91 Å². The third kappa shape index (κ3) is 3.32. The Kier molecular flexibility index (Phi) is 4.66. The van der Waals surface area contributed by atoms with E-state index in [2.05, 4.69) is 28.4 Å². The number of hydrogen-bond acceptors (Lipinski definition) is 4. The predicted octanol–water partition coefficient (Wildman–Crippen LogP) is 3.01. The zero-order valence-electron chi connectivity index (χ0n) is 15.7. The van der Waals surface area contributed by atoms with Crippen molar-refractivity contribution in [2.75, 3.05) is 6.54 Å². The summed E-state index contributed by atoms with van der Waals surface area (Å²) in [4.78, 5) is 15.1. The first-order valence-corrected chi connectivity index (χ1v) is 9.43. The molecule has 2 aromatic heterocycles. The van der Waals surface area contributed by atoms with Crippen LogP contribution in [-0.2, 0) is 13.0 Å². The quantitative estimate of drug-likeness (QED) is 0.776. The van der Waals surface area contributed by atoms with Gasteiger partial charge in [0.05, 0.1) is 5.56 Å². The second-order valence-electron chi connectivity index (χ2n) is 7.49. The summed E-state index contributed by atoms with van der Waals surface area (Å²) >= 11 is 0. The van der Waals surface area contributed by atoms with Crippen LogP contribution in [-0.4, -0.2) is 37.1 Å². The Morgan fingerprint density at radius 2 is 1.89 bits per heavy atom. The maximum Gasteiger partial charge on any atom is 0.255 e. The molecule has 6 heteroatoms.